The Morgan fingerprint density at radius 2 is 2.17 bits per heavy atom. The maximum atomic E-state index is 5.55. The highest BCUT2D eigenvalue weighted by Crippen LogP contribution is 2.22. The summed E-state index contributed by atoms with van der Waals surface area (Å²) in [5.74, 6) is 0. The van der Waals surface area contributed by atoms with Gasteiger partial charge >= 0.3 is 0 Å². The highest BCUT2D eigenvalue weighted by molar-refractivity contribution is 7.99. The first kappa shape index (κ1) is 16.1. The Balaban J connectivity index is 1.47. The molecule has 0 aliphatic carbocycles. The Bertz CT molecular complexity index is 632. The van der Waals surface area contributed by atoms with Gasteiger partial charge in [-0.1, -0.05) is 0 Å². The summed E-state index contributed by atoms with van der Waals surface area (Å²) >= 11 is 6.69. The minimum absolute atomic E-state index is 0.262. The molecule has 1 saturated heterocycles. The molecule has 0 aromatic carbocycles. The largest absolute Gasteiger partial charge is 0.376 e. The Labute approximate surface area is 144 Å². The lowest BCUT2D eigenvalue weighted by molar-refractivity contribution is 0.114. The van der Waals surface area contributed by atoms with Crippen LogP contribution in [0.5, 0.6) is 0 Å². The number of thiocarbonyl (C=S) groups is 1. The molecule has 0 saturated carbocycles. The zero-order valence-corrected chi connectivity index (χ0v) is 14.1. The van der Waals surface area contributed by atoms with Crippen molar-refractivity contribution in [2.45, 2.75) is 29.1 Å². The van der Waals surface area contributed by atoms with Gasteiger partial charge in [0.05, 0.1) is 18.0 Å². The normalized spacial score (nSPS) is 17.0. The number of aromatic nitrogens is 3. The van der Waals surface area contributed by atoms with Gasteiger partial charge in [0.25, 0.3) is 0 Å². The molecular formula is C15H17N5OS2. The summed E-state index contributed by atoms with van der Waals surface area (Å²) in [5.41, 5.74) is 0.841. The third-order valence-corrected chi connectivity index (χ3v) is 4.34. The lowest BCUT2D eigenvalue weighted by Crippen LogP contribution is -2.34. The minimum Gasteiger partial charge on any atom is -0.376 e. The van der Waals surface area contributed by atoms with Crippen LogP contribution in [0.15, 0.2) is 47.0 Å². The van der Waals surface area contributed by atoms with Crippen LogP contribution in [0.25, 0.3) is 0 Å². The van der Waals surface area contributed by atoms with E-state index in [-0.39, 0.29) is 6.10 Å². The zero-order valence-electron chi connectivity index (χ0n) is 12.4. The molecule has 1 atom stereocenters. The van der Waals surface area contributed by atoms with Crippen molar-refractivity contribution in [1.82, 2.24) is 20.3 Å². The number of hydrogen-bond donors (Lipinski definition) is 2. The van der Waals surface area contributed by atoms with Gasteiger partial charge in [0.2, 0.25) is 0 Å². The quantitative estimate of drug-likeness (QED) is 0.631. The first-order valence-electron chi connectivity index (χ1n) is 7.37. The van der Waals surface area contributed by atoms with Gasteiger partial charge in [-0.15, -0.1) is 0 Å². The van der Waals surface area contributed by atoms with Gasteiger partial charge in [-0.05, 0) is 55.0 Å². The summed E-state index contributed by atoms with van der Waals surface area (Å²) in [6.45, 7) is 1.58. The van der Waals surface area contributed by atoms with Crippen molar-refractivity contribution in [3.63, 3.8) is 0 Å². The summed E-state index contributed by atoms with van der Waals surface area (Å²) in [4.78, 5) is 12.7. The van der Waals surface area contributed by atoms with Crippen LogP contribution in [0.4, 0.5) is 5.69 Å². The van der Waals surface area contributed by atoms with E-state index in [9.17, 15) is 0 Å². The lowest BCUT2D eigenvalue weighted by atomic mass is 10.2. The van der Waals surface area contributed by atoms with E-state index in [0.29, 0.717) is 10.3 Å². The molecule has 3 heterocycles. The second-order valence-electron chi connectivity index (χ2n) is 4.99. The molecule has 0 amide bonds. The molecule has 1 fully saturated rings. The van der Waals surface area contributed by atoms with Gasteiger partial charge in [0.1, 0.15) is 5.03 Å². The second-order valence-corrected chi connectivity index (χ2v) is 6.38. The smallest absolute Gasteiger partial charge is 0.193 e. The number of pyridine rings is 1. The van der Waals surface area contributed by atoms with E-state index in [2.05, 4.69) is 25.6 Å². The third kappa shape index (κ3) is 5.12. The number of anilines is 1. The molecule has 2 aromatic rings. The highest BCUT2D eigenvalue weighted by Gasteiger charge is 2.15. The van der Waals surface area contributed by atoms with E-state index in [1.807, 2.05) is 12.1 Å². The van der Waals surface area contributed by atoms with Crippen LogP contribution in [0.1, 0.15) is 12.8 Å². The molecule has 1 aliphatic rings. The van der Waals surface area contributed by atoms with Crippen LogP contribution in [-0.4, -0.2) is 39.3 Å². The monoisotopic (exact) mass is 347 g/mol. The van der Waals surface area contributed by atoms with E-state index < -0.39 is 0 Å². The van der Waals surface area contributed by atoms with Gasteiger partial charge in [-0.25, -0.2) is 15.0 Å². The van der Waals surface area contributed by atoms with Crippen LogP contribution >= 0.6 is 24.0 Å². The van der Waals surface area contributed by atoms with E-state index in [1.54, 1.807) is 24.7 Å². The van der Waals surface area contributed by atoms with E-state index in [4.69, 9.17) is 17.0 Å². The van der Waals surface area contributed by atoms with E-state index in [0.717, 1.165) is 36.7 Å². The standard InChI is InChI=1S/C15H17N5OS2/c22-14(19-10-12-3-1-8-21-12)20-11-4-5-13(18-9-11)23-15-16-6-2-7-17-15/h2,4-7,9,12H,1,3,8,10H2,(H2,19,20,22)/t12-/m1/s1. The molecular weight excluding hydrogens is 330 g/mol. The summed E-state index contributed by atoms with van der Waals surface area (Å²) in [7, 11) is 0. The van der Waals surface area contributed by atoms with E-state index >= 15 is 0 Å². The summed E-state index contributed by atoms with van der Waals surface area (Å²) < 4.78 is 5.55. The first-order chi connectivity index (χ1) is 11.3. The van der Waals surface area contributed by atoms with Gasteiger partial charge < -0.3 is 15.4 Å². The SMILES string of the molecule is S=C(NC[C@H]1CCCO1)Nc1ccc(Sc2ncccn2)nc1. The molecule has 3 rings (SSSR count). The Morgan fingerprint density at radius 3 is 2.87 bits per heavy atom. The van der Waals surface area contributed by atoms with Crippen molar-refractivity contribution < 1.29 is 4.74 Å². The predicted molar refractivity (Wildman–Crippen MR) is 93.6 cm³/mol. The molecule has 23 heavy (non-hydrogen) atoms. The maximum Gasteiger partial charge on any atom is 0.193 e. The minimum atomic E-state index is 0.262. The fourth-order valence-corrected chi connectivity index (χ4v) is 2.99. The van der Waals surface area contributed by atoms with E-state index in [1.165, 1.54) is 11.8 Å². The van der Waals surface area contributed by atoms with Gasteiger partial charge in [0.15, 0.2) is 10.3 Å². The average molecular weight is 347 g/mol. The van der Waals surface area contributed by atoms with Crippen molar-refractivity contribution in [3.05, 3.63) is 36.8 Å². The molecule has 0 bridgehead atoms. The van der Waals surface area contributed by atoms with Crippen molar-refractivity contribution in [3.8, 4) is 0 Å². The van der Waals surface area contributed by atoms with Crippen LogP contribution in [-0.2, 0) is 4.74 Å². The molecule has 6 nitrogen and oxygen atoms in total. The van der Waals surface area contributed by atoms with Crippen molar-refractivity contribution in [1.29, 1.82) is 0 Å². The fraction of sp³-hybridized carbons (Fsp3) is 0.333. The maximum absolute atomic E-state index is 5.55. The van der Waals surface area contributed by atoms with Gasteiger partial charge in [-0.2, -0.15) is 0 Å². The molecule has 0 unspecified atom stereocenters. The van der Waals surface area contributed by atoms with Crippen molar-refractivity contribution >= 4 is 34.8 Å². The third-order valence-electron chi connectivity index (χ3n) is 3.25. The lowest BCUT2D eigenvalue weighted by Gasteiger charge is -2.13. The van der Waals surface area contributed by atoms with Crippen molar-refractivity contribution in [2.75, 3.05) is 18.5 Å². The van der Waals surface area contributed by atoms with Crippen LogP contribution in [0.2, 0.25) is 0 Å². The number of nitrogens with zero attached hydrogens (tertiary/aromatic N) is 3. The van der Waals surface area contributed by atoms with Crippen molar-refractivity contribution in [2.24, 2.45) is 0 Å². The number of ether oxygens (including phenoxy) is 1. The molecule has 120 valence electrons. The molecule has 2 N–H and O–H groups in total. The van der Waals surface area contributed by atoms with Crippen LogP contribution in [0, 0.1) is 0 Å². The summed E-state index contributed by atoms with van der Waals surface area (Å²) in [6.07, 6.45) is 7.64. The Kier molecular flexibility index (Phi) is 5.73. The van der Waals surface area contributed by atoms with Crippen LogP contribution in [0.3, 0.4) is 0 Å². The van der Waals surface area contributed by atoms with Crippen LogP contribution < -0.4 is 10.6 Å². The first-order valence-corrected chi connectivity index (χ1v) is 8.59. The average Bonchev–Trinajstić information content (AvgIpc) is 3.09. The predicted octanol–water partition coefficient (Wildman–Crippen LogP) is 2.49. The Morgan fingerprint density at radius 1 is 1.30 bits per heavy atom. The van der Waals surface area contributed by atoms with Gasteiger partial charge in [-0.3, -0.25) is 0 Å². The second kappa shape index (κ2) is 8.19. The summed E-state index contributed by atoms with van der Waals surface area (Å²) in [6, 6.07) is 5.62. The molecule has 2 aromatic heterocycles. The number of hydrogen-bond acceptors (Lipinski definition) is 6. The molecule has 1 aliphatic heterocycles. The number of nitrogens with one attached hydrogen (secondary N) is 2. The Hall–Kier alpha value is -1.77. The molecule has 8 heteroatoms. The zero-order chi connectivity index (χ0) is 15.9. The highest BCUT2D eigenvalue weighted by atomic mass is 32.2. The molecule has 0 radical (unpaired) electrons. The molecule has 0 spiro atoms. The fourth-order valence-electron chi connectivity index (χ4n) is 2.13. The number of rotatable bonds is 5. The van der Waals surface area contributed by atoms with Gasteiger partial charge in [0, 0.05) is 25.5 Å². The summed E-state index contributed by atoms with van der Waals surface area (Å²) in [5, 5.41) is 8.38. The topological polar surface area (TPSA) is 72.0 Å².